The van der Waals surface area contributed by atoms with Gasteiger partial charge in [-0.2, -0.15) is 0 Å². The molecule has 0 aromatic heterocycles. The van der Waals surface area contributed by atoms with E-state index in [0.29, 0.717) is 0 Å². The molecule has 0 heterocycles. The van der Waals surface area contributed by atoms with Crippen molar-refractivity contribution in [2.24, 2.45) is 10.8 Å². The lowest BCUT2D eigenvalue weighted by atomic mass is 9.86. The maximum Gasteiger partial charge on any atom is 0.309 e. The maximum absolute atomic E-state index is 11.3. The van der Waals surface area contributed by atoms with E-state index in [-0.39, 0.29) is 5.41 Å². The number of carbonyl (C=O) groups is 2. The van der Waals surface area contributed by atoms with Crippen molar-refractivity contribution < 1.29 is 19.8 Å². The molecular formula is C26H40O4. The Morgan fingerprint density at radius 2 is 1.57 bits per heavy atom. The van der Waals surface area contributed by atoms with Crippen LogP contribution in [-0.4, -0.2) is 22.2 Å². The lowest BCUT2D eigenvalue weighted by molar-refractivity contribution is -0.147. The van der Waals surface area contributed by atoms with Gasteiger partial charge in [-0.05, 0) is 101 Å². The summed E-state index contributed by atoms with van der Waals surface area (Å²) in [5.41, 5.74) is 4.61. The summed E-state index contributed by atoms with van der Waals surface area (Å²) in [6.07, 6.45) is 11.7. The smallest absolute Gasteiger partial charge is 0.309 e. The first-order chi connectivity index (χ1) is 14.1. The van der Waals surface area contributed by atoms with Gasteiger partial charge in [-0.25, -0.2) is 0 Å². The zero-order chi connectivity index (χ0) is 22.4. The van der Waals surface area contributed by atoms with Crippen molar-refractivity contribution in [1.82, 2.24) is 0 Å². The third-order valence-electron chi connectivity index (χ3n) is 7.18. The van der Waals surface area contributed by atoms with Crippen LogP contribution in [0.5, 0.6) is 0 Å². The van der Waals surface area contributed by atoms with Crippen LogP contribution in [0.2, 0.25) is 0 Å². The van der Waals surface area contributed by atoms with Crippen LogP contribution in [0, 0.1) is 24.7 Å². The molecule has 0 amide bonds. The average Bonchev–Trinajstić information content (AvgIpc) is 3.47. The second kappa shape index (κ2) is 10.5. The number of carboxylic acid groups (broad SMARTS) is 2. The van der Waals surface area contributed by atoms with Crippen molar-refractivity contribution in [3.8, 4) is 0 Å². The number of hydrogen-bond donors (Lipinski definition) is 2. The predicted octanol–water partition coefficient (Wildman–Crippen LogP) is 6.48. The summed E-state index contributed by atoms with van der Waals surface area (Å²) in [6, 6.07) is 4.48. The van der Waals surface area contributed by atoms with Gasteiger partial charge >= 0.3 is 11.9 Å². The van der Waals surface area contributed by atoms with Crippen molar-refractivity contribution in [1.29, 1.82) is 0 Å². The molecular weight excluding hydrogens is 376 g/mol. The van der Waals surface area contributed by atoms with Gasteiger partial charge in [0.05, 0.1) is 10.8 Å². The minimum absolute atomic E-state index is 0.389. The zero-order valence-electron chi connectivity index (χ0n) is 19.4. The first kappa shape index (κ1) is 24.4. The van der Waals surface area contributed by atoms with Crippen molar-refractivity contribution in [2.45, 2.75) is 105 Å². The molecule has 1 aromatic carbocycles. The van der Waals surface area contributed by atoms with Gasteiger partial charge in [0.25, 0.3) is 0 Å². The SMILES string of the molecule is Cc1ccc(CCCCCC(C)(C)C(=O)O)c(CCCCCC2(C(=O)O)CC2)c1C. The molecule has 1 aliphatic carbocycles. The summed E-state index contributed by atoms with van der Waals surface area (Å²) in [5.74, 6) is -1.32. The molecule has 1 aliphatic rings. The molecule has 1 saturated carbocycles. The molecule has 1 fully saturated rings. The molecule has 0 saturated heterocycles. The Morgan fingerprint density at radius 3 is 2.17 bits per heavy atom. The van der Waals surface area contributed by atoms with E-state index in [1.807, 2.05) is 0 Å². The number of aryl methyl sites for hydroxylation is 2. The van der Waals surface area contributed by atoms with Crippen molar-refractivity contribution in [3.63, 3.8) is 0 Å². The summed E-state index contributed by atoms with van der Waals surface area (Å²) in [7, 11) is 0. The van der Waals surface area contributed by atoms with Gasteiger partial charge in [-0.3, -0.25) is 9.59 Å². The summed E-state index contributed by atoms with van der Waals surface area (Å²) < 4.78 is 0. The molecule has 0 radical (unpaired) electrons. The molecule has 168 valence electrons. The Labute approximate surface area is 182 Å². The third-order valence-corrected chi connectivity index (χ3v) is 7.18. The highest BCUT2D eigenvalue weighted by Gasteiger charge is 2.49. The standard InChI is InChI=1S/C26H40O4/c1-19-13-14-21(11-7-5-9-15-25(3,4)23(27)28)22(20(19)2)12-8-6-10-16-26(17-18-26)24(29)30/h13-14H,5-12,15-18H2,1-4H3,(H,27,28)(H,29,30). The van der Waals surface area contributed by atoms with E-state index < -0.39 is 17.4 Å². The molecule has 4 heteroatoms. The second-order valence-electron chi connectivity index (χ2n) is 10.0. The summed E-state index contributed by atoms with van der Waals surface area (Å²) in [4.78, 5) is 22.5. The fourth-order valence-electron chi connectivity index (χ4n) is 4.34. The maximum atomic E-state index is 11.3. The Bertz CT molecular complexity index is 744. The third kappa shape index (κ3) is 6.58. The van der Waals surface area contributed by atoms with E-state index in [9.17, 15) is 19.8 Å². The molecule has 2 N–H and O–H groups in total. The molecule has 0 unspecified atom stereocenters. The predicted molar refractivity (Wildman–Crippen MR) is 121 cm³/mol. The minimum atomic E-state index is -0.713. The summed E-state index contributed by atoms with van der Waals surface area (Å²) >= 11 is 0. The number of unbranched alkanes of at least 4 members (excludes halogenated alkanes) is 4. The van der Waals surface area contributed by atoms with Crippen molar-refractivity contribution >= 4 is 11.9 Å². The van der Waals surface area contributed by atoms with Crippen LogP contribution in [0.25, 0.3) is 0 Å². The molecule has 1 aromatic rings. The van der Waals surface area contributed by atoms with E-state index in [0.717, 1.165) is 77.0 Å². The van der Waals surface area contributed by atoms with Crippen LogP contribution in [0.3, 0.4) is 0 Å². The van der Waals surface area contributed by atoms with Crippen LogP contribution < -0.4 is 0 Å². The monoisotopic (exact) mass is 416 g/mol. The molecule has 0 spiro atoms. The van der Waals surface area contributed by atoms with E-state index in [2.05, 4.69) is 26.0 Å². The highest BCUT2D eigenvalue weighted by atomic mass is 16.4. The number of aliphatic carboxylic acids is 2. The molecule has 30 heavy (non-hydrogen) atoms. The lowest BCUT2D eigenvalue weighted by Gasteiger charge is -2.19. The summed E-state index contributed by atoms with van der Waals surface area (Å²) in [5, 5.41) is 18.5. The first-order valence-electron chi connectivity index (χ1n) is 11.6. The van der Waals surface area contributed by atoms with E-state index in [1.165, 1.54) is 22.3 Å². The molecule has 0 atom stereocenters. The van der Waals surface area contributed by atoms with Gasteiger partial charge in [-0.1, -0.05) is 37.8 Å². The highest BCUT2D eigenvalue weighted by molar-refractivity contribution is 5.77. The van der Waals surface area contributed by atoms with Crippen LogP contribution in [-0.2, 0) is 22.4 Å². The Morgan fingerprint density at radius 1 is 0.933 bits per heavy atom. The number of rotatable bonds is 14. The molecule has 4 nitrogen and oxygen atoms in total. The van der Waals surface area contributed by atoms with Crippen molar-refractivity contribution in [3.05, 3.63) is 34.4 Å². The molecule has 0 aliphatic heterocycles. The van der Waals surface area contributed by atoms with Gasteiger partial charge in [0.1, 0.15) is 0 Å². The van der Waals surface area contributed by atoms with Gasteiger partial charge in [0.15, 0.2) is 0 Å². The van der Waals surface area contributed by atoms with Crippen LogP contribution >= 0.6 is 0 Å². The Balaban J connectivity index is 1.80. The fourth-order valence-corrected chi connectivity index (χ4v) is 4.34. The lowest BCUT2D eigenvalue weighted by Crippen LogP contribution is -2.23. The van der Waals surface area contributed by atoms with Crippen molar-refractivity contribution in [2.75, 3.05) is 0 Å². The fraction of sp³-hybridized carbons (Fsp3) is 0.692. The zero-order valence-corrected chi connectivity index (χ0v) is 19.4. The van der Waals surface area contributed by atoms with Gasteiger partial charge in [0, 0.05) is 0 Å². The largest absolute Gasteiger partial charge is 0.481 e. The van der Waals surface area contributed by atoms with Crippen LogP contribution in [0.4, 0.5) is 0 Å². The Hall–Kier alpha value is -1.84. The topological polar surface area (TPSA) is 74.6 Å². The Kier molecular flexibility index (Phi) is 8.52. The quantitative estimate of drug-likeness (QED) is 0.340. The van der Waals surface area contributed by atoms with Gasteiger partial charge in [-0.15, -0.1) is 0 Å². The number of carboxylic acids is 2. The first-order valence-corrected chi connectivity index (χ1v) is 11.6. The van der Waals surface area contributed by atoms with E-state index in [1.54, 1.807) is 13.8 Å². The summed E-state index contributed by atoms with van der Waals surface area (Å²) in [6.45, 7) is 7.99. The number of benzene rings is 1. The second-order valence-corrected chi connectivity index (χ2v) is 10.0. The normalized spacial score (nSPS) is 15.2. The minimum Gasteiger partial charge on any atom is -0.481 e. The van der Waals surface area contributed by atoms with E-state index >= 15 is 0 Å². The van der Waals surface area contributed by atoms with Crippen LogP contribution in [0.1, 0.15) is 100 Å². The van der Waals surface area contributed by atoms with Gasteiger partial charge < -0.3 is 10.2 Å². The number of hydrogen-bond acceptors (Lipinski definition) is 2. The highest BCUT2D eigenvalue weighted by Crippen LogP contribution is 2.50. The average molecular weight is 417 g/mol. The molecule has 0 bridgehead atoms. The van der Waals surface area contributed by atoms with Gasteiger partial charge in [0.2, 0.25) is 0 Å². The van der Waals surface area contributed by atoms with E-state index in [4.69, 9.17) is 0 Å². The van der Waals surface area contributed by atoms with Crippen LogP contribution in [0.15, 0.2) is 12.1 Å². The molecule has 2 rings (SSSR count).